The summed E-state index contributed by atoms with van der Waals surface area (Å²) >= 11 is 0. The molecule has 15 heavy (non-hydrogen) atoms. The summed E-state index contributed by atoms with van der Waals surface area (Å²) in [6.07, 6.45) is 15.4. The summed E-state index contributed by atoms with van der Waals surface area (Å²) in [4.78, 5) is 0. The van der Waals surface area contributed by atoms with Crippen LogP contribution in [0.25, 0.3) is 0 Å². The lowest BCUT2D eigenvalue weighted by Crippen LogP contribution is -2.35. The lowest BCUT2D eigenvalue weighted by Gasteiger charge is -2.37. The van der Waals surface area contributed by atoms with Crippen LogP contribution in [0.15, 0.2) is 0 Å². The van der Waals surface area contributed by atoms with Gasteiger partial charge in [-0.1, -0.05) is 6.42 Å². The maximum atomic E-state index is 10.5. The minimum absolute atomic E-state index is 0.373. The molecule has 0 radical (unpaired) electrons. The number of hydrogen-bond donors (Lipinski definition) is 1. The number of terminal acetylenes is 1. The van der Waals surface area contributed by atoms with Gasteiger partial charge in [-0.15, -0.1) is 12.3 Å². The molecule has 0 aliphatic heterocycles. The zero-order valence-corrected chi connectivity index (χ0v) is 9.54. The van der Waals surface area contributed by atoms with Crippen LogP contribution in [0.2, 0.25) is 0 Å². The molecule has 0 aromatic rings. The van der Waals surface area contributed by atoms with Crippen LogP contribution in [0.3, 0.4) is 0 Å². The van der Waals surface area contributed by atoms with Gasteiger partial charge in [-0.25, -0.2) is 0 Å². The van der Waals surface area contributed by atoms with Crippen LogP contribution in [-0.4, -0.2) is 10.7 Å². The van der Waals surface area contributed by atoms with Gasteiger partial charge in [0, 0.05) is 6.42 Å². The van der Waals surface area contributed by atoms with E-state index in [9.17, 15) is 5.11 Å². The first kappa shape index (κ1) is 11.0. The third-order valence-corrected chi connectivity index (χ3v) is 4.11. The van der Waals surface area contributed by atoms with E-state index in [4.69, 9.17) is 6.42 Å². The summed E-state index contributed by atoms with van der Waals surface area (Å²) in [5.74, 6) is 4.42. The fourth-order valence-electron chi connectivity index (χ4n) is 3.10. The fourth-order valence-corrected chi connectivity index (χ4v) is 3.10. The largest absolute Gasteiger partial charge is 0.390 e. The summed E-state index contributed by atoms with van der Waals surface area (Å²) in [5, 5.41) is 10.5. The third-order valence-electron chi connectivity index (χ3n) is 4.11. The van der Waals surface area contributed by atoms with Crippen molar-refractivity contribution in [1.29, 1.82) is 0 Å². The molecule has 2 fully saturated rings. The predicted octanol–water partition coefficient (Wildman–Crippen LogP) is 3.12. The molecule has 1 heteroatoms. The molecule has 2 unspecified atom stereocenters. The molecule has 2 aliphatic carbocycles. The molecule has 2 saturated carbocycles. The van der Waals surface area contributed by atoms with Gasteiger partial charge in [0.25, 0.3) is 0 Å². The van der Waals surface area contributed by atoms with E-state index >= 15 is 0 Å². The molecule has 0 bridgehead atoms. The second-order valence-electron chi connectivity index (χ2n) is 5.48. The van der Waals surface area contributed by atoms with Crippen molar-refractivity contribution in [2.75, 3.05) is 0 Å². The van der Waals surface area contributed by atoms with Crippen LogP contribution in [0.1, 0.15) is 57.8 Å². The molecule has 0 heterocycles. The Labute approximate surface area is 93.3 Å². The smallest absolute Gasteiger partial charge is 0.0650 e. The summed E-state index contributed by atoms with van der Waals surface area (Å²) < 4.78 is 0. The Morgan fingerprint density at radius 2 is 2.07 bits per heavy atom. The van der Waals surface area contributed by atoms with E-state index in [1.165, 1.54) is 25.7 Å². The zero-order valence-electron chi connectivity index (χ0n) is 9.54. The maximum Gasteiger partial charge on any atom is 0.0650 e. The molecule has 0 amide bonds. The highest BCUT2D eigenvalue weighted by atomic mass is 16.3. The van der Waals surface area contributed by atoms with Crippen molar-refractivity contribution in [3.8, 4) is 12.3 Å². The quantitative estimate of drug-likeness (QED) is 0.553. The van der Waals surface area contributed by atoms with Crippen LogP contribution in [-0.2, 0) is 0 Å². The molecule has 1 nitrogen and oxygen atoms in total. The average molecular weight is 206 g/mol. The van der Waals surface area contributed by atoms with Crippen LogP contribution >= 0.6 is 0 Å². The van der Waals surface area contributed by atoms with Crippen LogP contribution in [0, 0.1) is 24.2 Å². The van der Waals surface area contributed by atoms with E-state index in [2.05, 4.69) is 5.92 Å². The topological polar surface area (TPSA) is 20.2 Å². The van der Waals surface area contributed by atoms with Crippen molar-refractivity contribution >= 4 is 0 Å². The molecule has 0 aromatic carbocycles. The van der Waals surface area contributed by atoms with Crippen molar-refractivity contribution in [2.24, 2.45) is 11.8 Å². The van der Waals surface area contributed by atoms with Gasteiger partial charge >= 0.3 is 0 Å². The molecule has 2 rings (SSSR count). The normalized spacial score (nSPS) is 36.1. The second-order valence-corrected chi connectivity index (χ2v) is 5.48. The highest BCUT2D eigenvalue weighted by Crippen LogP contribution is 2.47. The monoisotopic (exact) mass is 206 g/mol. The first-order valence-corrected chi connectivity index (χ1v) is 6.39. The Hall–Kier alpha value is -0.480. The summed E-state index contributed by atoms with van der Waals surface area (Å²) in [5.41, 5.74) is -0.373. The first-order chi connectivity index (χ1) is 7.23. The number of aliphatic hydroxyl groups is 1. The molecular formula is C14H22O. The van der Waals surface area contributed by atoms with Gasteiger partial charge in [0.2, 0.25) is 0 Å². The first-order valence-electron chi connectivity index (χ1n) is 6.39. The van der Waals surface area contributed by atoms with Crippen molar-refractivity contribution in [2.45, 2.75) is 63.4 Å². The van der Waals surface area contributed by atoms with Gasteiger partial charge < -0.3 is 5.11 Å². The van der Waals surface area contributed by atoms with Gasteiger partial charge in [-0.05, 0) is 56.8 Å². The summed E-state index contributed by atoms with van der Waals surface area (Å²) in [7, 11) is 0. The molecule has 2 atom stereocenters. The van der Waals surface area contributed by atoms with Crippen molar-refractivity contribution in [3.63, 3.8) is 0 Å². The standard InChI is InChI=1S/C14H22O/c1-2-3-4-9-14(15)10-5-6-13(11-14)12-7-8-12/h1,12-13,15H,3-11H2. The molecule has 0 saturated heterocycles. The number of rotatable bonds is 4. The predicted molar refractivity (Wildman–Crippen MR) is 62.3 cm³/mol. The zero-order chi connectivity index (χ0) is 10.7. The second kappa shape index (κ2) is 4.58. The lowest BCUT2D eigenvalue weighted by atomic mass is 9.74. The van der Waals surface area contributed by atoms with E-state index in [1.54, 1.807) is 0 Å². The van der Waals surface area contributed by atoms with E-state index in [0.717, 1.165) is 43.9 Å². The van der Waals surface area contributed by atoms with Crippen LogP contribution in [0.4, 0.5) is 0 Å². The maximum absolute atomic E-state index is 10.5. The van der Waals surface area contributed by atoms with E-state index < -0.39 is 0 Å². The van der Waals surface area contributed by atoms with E-state index in [0.29, 0.717) is 0 Å². The third kappa shape index (κ3) is 2.98. The van der Waals surface area contributed by atoms with Gasteiger partial charge in [0.15, 0.2) is 0 Å². The number of unbranched alkanes of at least 4 members (excludes halogenated alkanes) is 1. The Morgan fingerprint density at radius 1 is 1.27 bits per heavy atom. The van der Waals surface area contributed by atoms with Crippen molar-refractivity contribution in [3.05, 3.63) is 0 Å². The van der Waals surface area contributed by atoms with E-state index in [1.807, 2.05) is 0 Å². The molecular weight excluding hydrogens is 184 g/mol. The number of hydrogen-bond acceptors (Lipinski definition) is 1. The van der Waals surface area contributed by atoms with Crippen molar-refractivity contribution in [1.82, 2.24) is 0 Å². The Bertz CT molecular complexity index is 249. The summed E-state index contributed by atoms with van der Waals surface area (Å²) in [6, 6.07) is 0. The Morgan fingerprint density at radius 3 is 2.73 bits per heavy atom. The van der Waals surface area contributed by atoms with Gasteiger partial charge in [-0.3, -0.25) is 0 Å². The van der Waals surface area contributed by atoms with Crippen LogP contribution in [0.5, 0.6) is 0 Å². The van der Waals surface area contributed by atoms with Gasteiger partial charge in [-0.2, -0.15) is 0 Å². The summed E-state index contributed by atoms with van der Waals surface area (Å²) in [6.45, 7) is 0. The lowest BCUT2D eigenvalue weighted by molar-refractivity contribution is -0.0280. The average Bonchev–Trinajstić information content (AvgIpc) is 3.01. The molecule has 1 N–H and O–H groups in total. The van der Waals surface area contributed by atoms with Gasteiger partial charge in [0.05, 0.1) is 5.60 Å². The Kier molecular flexibility index (Phi) is 3.36. The van der Waals surface area contributed by atoms with Gasteiger partial charge in [0.1, 0.15) is 0 Å². The fraction of sp³-hybridized carbons (Fsp3) is 0.857. The molecule has 2 aliphatic rings. The molecule has 84 valence electrons. The Balaban J connectivity index is 1.81. The highest BCUT2D eigenvalue weighted by molar-refractivity contribution is 4.93. The highest BCUT2D eigenvalue weighted by Gasteiger charge is 2.40. The minimum Gasteiger partial charge on any atom is -0.390 e. The minimum atomic E-state index is -0.373. The van der Waals surface area contributed by atoms with E-state index in [-0.39, 0.29) is 5.60 Å². The molecule has 0 spiro atoms. The van der Waals surface area contributed by atoms with Crippen LogP contribution < -0.4 is 0 Å². The van der Waals surface area contributed by atoms with Crippen molar-refractivity contribution < 1.29 is 5.11 Å². The molecule has 0 aromatic heterocycles. The SMILES string of the molecule is C#CCCCC1(O)CCCC(C2CC2)C1.